The molecule has 3 nitrogen and oxygen atoms in total. The average molecular weight is 234 g/mol. The highest BCUT2D eigenvalue weighted by Crippen LogP contribution is 2.41. The number of aliphatic hydroxyl groups is 1. The fourth-order valence-corrected chi connectivity index (χ4v) is 1.98. The van der Waals surface area contributed by atoms with Crippen molar-refractivity contribution < 1.29 is 14.9 Å². The smallest absolute Gasteiger partial charge is 0.217 e. The topological polar surface area (TPSA) is 49.7 Å². The third-order valence-electron chi connectivity index (χ3n) is 2.98. The van der Waals surface area contributed by atoms with Gasteiger partial charge in [-0.1, -0.05) is 20.8 Å². The van der Waals surface area contributed by atoms with Crippen LogP contribution in [0.15, 0.2) is 18.2 Å². The molecule has 17 heavy (non-hydrogen) atoms. The van der Waals surface area contributed by atoms with Crippen LogP contribution in [0, 0.1) is 0 Å². The summed E-state index contributed by atoms with van der Waals surface area (Å²) in [5.74, 6) is 0.746. The zero-order valence-electron chi connectivity index (χ0n) is 10.6. The van der Waals surface area contributed by atoms with E-state index in [-0.39, 0.29) is 11.2 Å². The molecule has 1 heterocycles. The summed E-state index contributed by atoms with van der Waals surface area (Å²) in [7, 11) is 0. The van der Waals surface area contributed by atoms with Gasteiger partial charge in [0, 0.05) is 0 Å². The molecule has 2 N–H and O–H groups in total. The Morgan fingerprint density at radius 1 is 1.24 bits per heavy atom. The van der Waals surface area contributed by atoms with Crippen molar-refractivity contribution in [2.45, 2.75) is 39.4 Å². The van der Waals surface area contributed by atoms with Crippen LogP contribution in [0.25, 0.3) is 5.57 Å². The van der Waals surface area contributed by atoms with Gasteiger partial charge in [0.05, 0.1) is 5.56 Å². The van der Waals surface area contributed by atoms with Gasteiger partial charge in [0.1, 0.15) is 11.5 Å². The fourth-order valence-electron chi connectivity index (χ4n) is 1.98. The van der Waals surface area contributed by atoms with Crippen molar-refractivity contribution in [1.82, 2.24) is 0 Å². The van der Waals surface area contributed by atoms with Crippen LogP contribution in [0.2, 0.25) is 0 Å². The van der Waals surface area contributed by atoms with Gasteiger partial charge in [-0.2, -0.15) is 0 Å². The summed E-state index contributed by atoms with van der Waals surface area (Å²) in [6.45, 7) is 8.05. The molecular formula is C14H18O3. The Hall–Kier alpha value is -1.48. The molecular weight excluding hydrogens is 216 g/mol. The fraction of sp³-hybridized carbons (Fsp3) is 0.429. The number of rotatable bonds is 0. The molecule has 3 heteroatoms. The molecule has 0 bridgehead atoms. The third kappa shape index (κ3) is 2.15. The van der Waals surface area contributed by atoms with Gasteiger partial charge in [-0.25, -0.2) is 0 Å². The molecule has 1 aromatic carbocycles. The van der Waals surface area contributed by atoms with Gasteiger partial charge in [-0.3, -0.25) is 0 Å². The Balaban J connectivity index is 2.60. The predicted molar refractivity (Wildman–Crippen MR) is 67.1 cm³/mol. The number of aromatic hydroxyl groups is 1. The number of hydrogen-bond donors (Lipinski definition) is 2. The van der Waals surface area contributed by atoms with Gasteiger partial charge in [0.15, 0.2) is 0 Å². The Morgan fingerprint density at radius 3 is 2.47 bits per heavy atom. The molecule has 0 amide bonds. The van der Waals surface area contributed by atoms with Crippen LogP contribution in [0.5, 0.6) is 11.5 Å². The highest BCUT2D eigenvalue weighted by atomic mass is 16.6. The standard InChI is InChI=1S/C14H18O3/c1-8-5-12(16)17-11-7-9(14(2,3)4)6-10(15)13(8)11/h5-7,12,15-16H,1-4H3. The van der Waals surface area contributed by atoms with Gasteiger partial charge in [0.25, 0.3) is 0 Å². The highest BCUT2D eigenvalue weighted by Gasteiger charge is 2.24. The Labute approximate surface area is 101 Å². The summed E-state index contributed by atoms with van der Waals surface area (Å²) < 4.78 is 5.34. The summed E-state index contributed by atoms with van der Waals surface area (Å²) in [6, 6.07) is 3.64. The van der Waals surface area contributed by atoms with Crippen LogP contribution in [0.4, 0.5) is 0 Å². The quantitative estimate of drug-likeness (QED) is 0.725. The minimum atomic E-state index is -0.933. The van der Waals surface area contributed by atoms with E-state index in [0.717, 1.165) is 11.1 Å². The number of phenolic OH excluding ortho intramolecular Hbond substituents is 1. The molecule has 92 valence electrons. The van der Waals surface area contributed by atoms with E-state index in [2.05, 4.69) is 20.8 Å². The van der Waals surface area contributed by atoms with Crippen LogP contribution in [0.1, 0.15) is 38.8 Å². The summed E-state index contributed by atoms with van der Waals surface area (Å²) in [4.78, 5) is 0. The van der Waals surface area contributed by atoms with Gasteiger partial charge in [-0.05, 0) is 41.7 Å². The molecule has 1 atom stereocenters. The second-order valence-corrected chi connectivity index (χ2v) is 5.48. The maximum Gasteiger partial charge on any atom is 0.217 e. The Kier molecular flexibility index (Phi) is 2.66. The maximum atomic E-state index is 10.1. The maximum absolute atomic E-state index is 10.1. The van der Waals surface area contributed by atoms with E-state index in [4.69, 9.17) is 4.74 Å². The first-order valence-corrected chi connectivity index (χ1v) is 5.70. The van der Waals surface area contributed by atoms with E-state index in [9.17, 15) is 10.2 Å². The Bertz CT molecular complexity index is 481. The van der Waals surface area contributed by atoms with Gasteiger partial charge in [0.2, 0.25) is 6.29 Å². The number of benzene rings is 1. The first-order valence-electron chi connectivity index (χ1n) is 5.70. The molecule has 0 radical (unpaired) electrons. The van der Waals surface area contributed by atoms with Crippen LogP contribution < -0.4 is 4.74 Å². The van der Waals surface area contributed by atoms with Crippen molar-refractivity contribution in [3.8, 4) is 11.5 Å². The van der Waals surface area contributed by atoms with Crippen LogP contribution in [-0.4, -0.2) is 16.5 Å². The summed E-state index contributed by atoms with van der Waals surface area (Å²) in [6.07, 6.45) is 0.649. The number of fused-ring (bicyclic) bond motifs is 1. The predicted octanol–water partition coefficient (Wildman–Crippen LogP) is 2.80. The summed E-state index contributed by atoms with van der Waals surface area (Å²) in [5, 5.41) is 19.6. The second-order valence-electron chi connectivity index (χ2n) is 5.48. The number of hydrogen-bond acceptors (Lipinski definition) is 3. The Morgan fingerprint density at radius 2 is 1.88 bits per heavy atom. The van der Waals surface area contributed by atoms with E-state index in [1.165, 1.54) is 0 Å². The lowest BCUT2D eigenvalue weighted by Gasteiger charge is -2.26. The zero-order valence-corrected chi connectivity index (χ0v) is 10.6. The molecule has 1 aliphatic heterocycles. The molecule has 0 spiro atoms. The van der Waals surface area contributed by atoms with Gasteiger partial charge < -0.3 is 14.9 Å². The molecule has 2 rings (SSSR count). The normalized spacial score (nSPS) is 19.4. The van der Waals surface area contributed by atoms with Crippen molar-refractivity contribution in [2.24, 2.45) is 0 Å². The zero-order chi connectivity index (χ0) is 12.8. The lowest BCUT2D eigenvalue weighted by Crippen LogP contribution is -2.19. The number of ether oxygens (including phenoxy) is 1. The molecule has 1 aromatic rings. The van der Waals surface area contributed by atoms with Crippen molar-refractivity contribution in [1.29, 1.82) is 0 Å². The molecule has 0 aliphatic carbocycles. The van der Waals surface area contributed by atoms with Crippen LogP contribution in [0.3, 0.4) is 0 Å². The SMILES string of the molecule is CC1=CC(O)Oc2cc(C(C)(C)C)cc(O)c21. The lowest BCUT2D eigenvalue weighted by atomic mass is 9.85. The van der Waals surface area contributed by atoms with E-state index in [1.54, 1.807) is 12.1 Å². The highest BCUT2D eigenvalue weighted by molar-refractivity contribution is 5.76. The van der Waals surface area contributed by atoms with Crippen molar-refractivity contribution in [3.05, 3.63) is 29.3 Å². The summed E-state index contributed by atoms with van der Waals surface area (Å²) >= 11 is 0. The minimum Gasteiger partial charge on any atom is -0.507 e. The molecule has 0 saturated carbocycles. The van der Waals surface area contributed by atoms with Crippen LogP contribution in [-0.2, 0) is 5.41 Å². The number of phenols is 1. The van der Waals surface area contributed by atoms with E-state index < -0.39 is 6.29 Å². The van der Waals surface area contributed by atoms with Crippen molar-refractivity contribution >= 4 is 5.57 Å². The molecule has 0 fully saturated rings. The lowest BCUT2D eigenvalue weighted by molar-refractivity contribution is 0.0222. The first-order chi connectivity index (χ1) is 7.79. The van der Waals surface area contributed by atoms with E-state index >= 15 is 0 Å². The number of aliphatic hydroxyl groups excluding tert-OH is 1. The van der Waals surface area contributed by atoms with Gasteiger partial charge >= 0.3 is 0 Å². The molecule has 0 saturated heterocycles. The van der Waals surface area contributed by atoms with Crippen molar-refractivity contribution in [2.75, 3.05) is 0 Å². The molecule has 1 unspecified atom stereocenters. The van der Waals surface area contributed by atoms with Gasteiger partial charge in [-0.15, -0.1) is 0 Å². The van der Waals surface area contributed by atoms with Crippen LogP contribution >= 0.6 is 0 Å². The third-order valence-corrected chi connectivity index (χ3v) is 2.98. The summed E-state index contributed by atoms with van der Waals surface area (Å²) in [5.41, 5.74) is 2.41. The average Bonchev–Trinajstić information content (AvgIpc) is 2.13. The van der Waals surface area contributed by atoms with E-state index in [1.807, 2.05) is 13.0 Å². The molecule has 0 aromatic heterocycles. The van der Waals surface area contributed by atoms with Crippen molar-refractivity contribution in [3.63, 3.8) is 0 Å². The second kappa shape index (κ2) is 3.77. The van der Waals surface area contributed by atoms with E-state index in [0.29, 0.717) is 11.3 Å². The largest absolute Gasteiger partial charge is 0.507 e. The minimum absolute atomic E-state index is 0.0735. The number of allylic oxidation sites excluding steroid dienone is 1. The monoisotopic (exact) mass is 234 g/mol. The molecule has 1 aliphatic rings. The first kappa shape index (κ1) is 12.0.